The smallest absolute Gasteiger partial charge is 0.306 e. The first-order valence-electron chi connectivity index (χ1n) is 3.46. The van der Waals surface area contributed by atoms with Crippen molar-refractivity contribution in [1.29, 1.82) is 0 Å². The molecule has 1 rings (SSSR count). The summed E-state index contributed by atoms with van der Waals surface area (Å²) < 4.78 is 22.3. The summed E-state index contributed by atoms with van der Waals surface area (Å²) in [6, 6.07) is 0. The SMILES string of the molecule is O=C(ON=S(=O)=O)N1CCCC1. The molecule has 6 nitrogen and oxygen atoms in total. The van der Waals surface area contributed by atoms with Gasteiger partial charge in [-0.2, -0.15) is 8.42 Å². The molecule has 0 aromatic carbocycles. The summed E-state index contributed by atoms with van der Waals surface area (Å²) in [6.45, 7) is 1.22. The summed E-state index contributed by atoms with van der Waals surface area (Å²) in [4.78, 5) is 16.4. The minimum absolute atomic E-state index is 0.611. The lowest BCUT2D eigenvalue weighted by Gasteiger charge is -2.09. The molecule has 0 aliphatic carbocycles. The summed E-state index contributed by atoms with van der Waals surface area (Å²) >= 11 is 0. The van der Waals surface area contributed by atoms with Crippen LogP contribution in [0.3, 0.4) is 0 Å². The zero-order valence-corrected chi connectivity index (χ0v) is 7.08. The van der Waals surface area contributed by atoms with Gasteiger partial charge in [-0.1, -0.05) is 0 Å². The molecule has 68 valence electrons. The first kappa shape index (κ1) is 8.98. The number of likely N-dealkylation sites (tertiary alicyclic amines) is 1. The molecule has 0 saturated carbocycles. The Morgan fingerprint density at radius 2 is 1.92 bits per heavy atom. The molecule has 12 heavy (non-hydrogen) atoms. The van der Waals surface area contributed by atoms with Gasteiger partial charge in [-0.05, 0) is 12.8 Å². The monoisotopic (exact) mass is 192 g/mol. The maximum Gasteiger partial charge on any atom is 0.436 e. The zero-order valence-electron chi connectivity index (χ0n) is 6.26. The number of hydrogen-bond acceptors (Lipinski definition) is 5. The van der Waals surface area contributed by atoms with Crippen LogP contribution in [-0.4, -0.2) is 32.5 Å². The third-order valence-corrected chi connectivity index (χ3v) is 1.74. The molecule has 0 atom stereocenters. The van der Waals surface area contributed by atoms with Gasteiger partial charge < -0.3 is 4.90 Å². The van der Waals surface area contributed by atoms with Crippen molar-refractivity contribution in [2.75, 3.05) is 13.1 Å². The zero-order chi connectivity index (χ0) is 8.97. The number of rotatable bonds is 1. The molecule has 0 N–H and O–H groups in total. The average Bonchev–Trinajstić information content (AvgIpc) is 2.51. The molecule has 1 saturated heterocycles. The molecule has 7 heteroatoms. The molecule has 0 unspecified atom stereocenters. The van der Waals surface area contributed by atoms with Crippen LogP contribution in [0.15, 0.2) is 4.53 Å². The fourth-order valence-corrected chi connectivity index (χ4v) is 1.14. The molecule has 0 radical (unpaired) electrons. The summed E-state index contributed by atoms with van der Waals surface area (Å²) in [6.07, 6.45) is 1.15. The largest absolute Gasteiger partial charge is 0.436 e. The van der Waals surface area contributed by atoms with Crippen LogP contribution in [0.1, 0.15) is 12.8 Å². The number of amides is 1. The highest BCUT2D eigenvalue weighted by molar-refractivity contribution is 7.61. The van der Waals surface area contributed by atoms with Crippen LogP contribution in [-0.2, 0) is 15.3 Å². The van der Waals surface area contributed by atoms with Crippen molar-refractivity contribution in [1.82, 2.24) is 4.90 Å². The highest BCUT2D eigenvalue weighted by Gasteiger charge is 2.19. The Labute approximate surface area is 70.8 Å². The van der Waals surface area contributed by atoms with E-state index in [4.69, 9.17) is 0 Å². The van der Waals surface area contributed by atoms with E-state index in [0.717, 1.165) is 12.8 Å². The second-order valence-electron chi connectivity index (χ2n) is 2.34. The first-order chi connectivity index (χ1) is 5.70. The van der Waals surface area contributed by atoms with Gasteiger partial charge in [0.15, 0.2) is 0 Å². The summed E-state index contributed by atoms with van der Waals surface area (Å²) in [5.74, 6) is 0. The predicted octanol–water partition coefficient (Wildman–Crippen LogP) is 0.197. The molecule has 0 aromatic heterocycles. The molecule has 1 aliphatic heterocycles. The lowest BCUT2D eigenvalue weighted by Crippen LogP contribution is -2.26. The molecule has 1 fully saturated rings. The van der Waals surface area contributed by atoms with E-state index < -0.39 is 16.6 Å². The van der Waals surface area contributed by atoms with E-state index >= 15 is 0 Å². The van der Waals surface area contributed by atoms with Crippen molar-refractivity contribution in [3.63, 3.8) is 0 Å². The van der Waals surface area contributed by atoms with Crippen LogP contribution in [0.5, 0.6) is 0 Å². The summed E-state index contributed by atoms with van der Waals surface area (Å²) in [5, 5.41) is 0. The lowest BCUT2D eigenvalue weighted by atomic mass is 10.4. The minimum Gasteiger partial charge on any atom is -0.306 e. The maximum atomic E-state index is 10.9. The Morgan fingerprint density at radius 3 is 2.42 bits per heavy atom. The maximum absolute atomic E-state index is 10.9. The van der Waals surface area contributed by atoms with Crippen molar-refractivity contribution in [3.8, 4) is 0 Å². The van der Waals surface area contributed by atoms with Gasteiger partial charge >= 0.3 is 16.6 Å². The second kappa shape index (κ2) is 4.05. The van der Waals surface area contributed by atoms with Crippen molar-refractivity contribution >= 4 is 16.6 Å². The third-order valence-electron chi connectivity index (χ3n) is 1.54. The fourth-order valence-electron chi connectivity index (χ4n) is 1.02. The van der Waals surface area contributed by atoms with E-state index in [2.05, 4.69) is 9.36 Å². The van der Waals surface area contributed by atoms with Gasteiger partial charge in [0.25, 0.3) is 0 Å². The number of carbonyl (C=O) groups is 1. The lowest BCUT2D eigenvalue weighted by molar-refractivity contribution is 0.116. The van der Waals surface area contributed by atoms with E-state index in [1.807, 2.05) is 0 Å². The van der Waals surface area contributed by atoms with Crippen molar-refractivity contribution in [2.45, 2.75) is 12.8 Å². The van der Waals surface area contributed by atoms with Crippen LogP contribution in [0, 0.1) is 0 Å². The number of nitrogens with zero attached hydrogens (tertiary/aromatic N) is 2. The Morgan fingerprint density at radius 1 is 1.33 bits per heavy atom. The Hall–Kier alpha value is -1.11. The molecule has 0 bridgehead atoms. The molecule has 1 amide bonds. The Kier molecular flexibility index (Phi) is 3.03. The molecular weight excluding hydrogens is 184 g/mol. The Bertz CT molecular complexity index is 283. The van der Waals surface area contributed by atoms with Gasteiger partial charge in [0.2, 0.25) is 0 Å². The Balaban J connectivity index is 2.42. The van der Waals surface area contributed by atoms with E-state index in [1.54, 1.807) is 0 Å². The quantitative estimate of drug-likeness (QED) is 0.556. The third kappa shape index (κ3) is 2.50. The highest BCUT2D eigenvalue weighted by atomic mass is 32.2. The standard InChI is InChI=1S/C5H8N2O4S/c8-5(11-6-12(9)10)7-3-1-2-4-7/h1-4H2. The molecule has 1 aliphatic rings. The van der Waals surface area contributed by atoms with Crippen molar-refractivity contribution < 1.29 is 18.0 Å². The summed E-state index contributed by atoms with van der Waals surface area (Å²) in [7, 11) is -2.68. The minimum atomic E-state index is -2.68. The van der Waals surface area contributed by atoms with E-state index in [1.165, 1.54) is 4.90 Å². The van der Waals surface area contributed by atoms with Crippen LogP contribution in [0.2, 0.25) is 0 Å². The molecule has 0 spiro atoms. The van der Waals surface area contributed by atoms with Crippen LogP contribution >= 0.6 is 0 Å². The van der Waals surface area contributed by atoms with Crippen LogP contribution in [0.25, 0.3) is 0 Å². The highest BCUT2D eigenvalue weighted by Crippen LogP contribution is 2.08. The van der Waals surface area contributed by atoms with Crippen LogP contribution in [0.4, 0.5) is 4.79 Å². The summed E-state index contributed by atoms with van der Waals surface area (Å²) in [5.41, 5.74) is 0. The number of hydrogen-bond donors (Lipinski definition) is 0. The normalized spacial score (nSPS) is 15.8. The van der Waals surface area contributed by atoms with Crippen LogP contribution < -0.4 is 0 Å². The molecule has 0 aromatic rings. The topological polar surface area (TPSA) is 76.0 Å². The molecule has 1 heterocycles. The van der Waals surface area contributed by atoms with Crippen molar-refractivity contribution in [2.24, 2.45) is 4.53 Å². The second-order valence-corrected chi connectivity index (χ2v) is 2.93. The average molecular weight is 192 g/mol. The predicted molar refractivity (Wildman–Crippen MR) is 38.6 cm³/mol. The van der Waals surface area contributed by atoms with Gasteiger partial charge in [-0.3, -0.25) is 4.84 Å². The van der Waals surface area contributed by atoms with Gasteiger partial charge in [0, 0.05) is 13.1 Å². The van der Waals surface area contributed by atoms with E-state index in [-0.39, 0.29) is 0 Å². The molecular formula is C5H8N2O4S. The fraction of sp³-hybridized carbons (Fsp3) is 0.800. The van der Waals surface area contributed by atoms with Gasteiger partial charge in [0.05, 0.1) is 4.53 Å². The van der Waals surface area contributed by atoms with Gasteiger partial charge in [0.1, 0.15) is 0 Å². The van der Waals surface area contributed by atoms with Gasteiger partial charge in [-0.15, -0.1) is 0 Å². The number of carbonyl (C=O) groups excluding carboxylic acids is 1. The van der Waals surface area contributed by atoms with E-state index in [9.17, 15) is 13.2 Å². The van der Waals surface area contributed by atoms with E-state index in [0.29, 0.717) is 13.1 Å². The van der Waals surface area contributed by atoms with Gasteiger partial charge in [-0.25, -0.2) is 4.79 Å². The first-order valence-corrected chi connectivity index (χ1v) is 4.49. The van der Waals surface area contributed by atoms with Crippen molar-refractivity contribution in [3.05, 3.63) is 0 Å².